The number of rotatable bonds is 3. The van der Waals surface area contributed by atoms with E-state index in [2.05, 4.69) is 6.92 Å². The van der Waals surface area contributed by atoms with Crippen molar-refractivity contribution in [1.82, 2.24) is 9.80 Å². The molecule has 0 bridgehead atoms. The van der Waals surface area contributed by atoms with Gasteiger partial charge >= 0.3 is 0 Å². The molecule has 1 aliphatic heterocycles. The van der Waals surface area contributed by atoms with Crippen molar-refractivity contribution in [2.75, 3.05) is 19.6 Å². The number of Topliss-reactive ketones (excluding diaryl/α,β-unsaturated/α-hetero) is 1. The van der Waals surface area contributed by atoms with Crippen LogP contribution < -0.4 is 0 Å². The fourth-order valence-electron chi connectivity index (χ4n) is 1.92. The van der Waals surface area contributed by atoms with Gasteiger partial charge < -0.3 is 4.90 Å². The van der Waals surface area contributed by atoms with Crippen molar-refractivity contribution in [3.8, 4) is 0 Å². The van der Waals surface area contributed by atoms with Gasteiger partial charge in [0.25, 0.3) is 0 Å². The lowest BCUT2D eigenvalue weighted by Crippen LogP contribution is -2.57. The number of ketones is 1. The van der Waals surface area contributed by atoms with Crippen molar-refractivity contribution in [2.45, 2.75) is 39.8 Å². The molecule has 1 rings (SSSR count). The molecule has 0 aromatic heterocycles. The molecule has 0 aliphatic carbocycles. The van der Waals surface area contributed by atoms with Crippen LogP contribution in [0.25, 0.3) is 0 Å². The lowest BCUT2D eigenvalue weighted by molar-refractivity contribution is -0.141. The molecule has 1 atom stereocenters. The third-order valence-electron chi connectivity index (χ3n) is 2.79. The van der Waals surface area contributed by atoms with Gasteiger partial charge in [0.1, 0.15) is 5.78 Å². The summed E-state index contributed by atoms with van der Waals surface area (Å²) in [6, 6.07) is 0.522. The molecule has 0 aromatic carbocycles. The Bertz CT molecular complexity index is 263. The largest absolute Gasteiger partial charge is 0.338 e. The van der Waals surface area contributed by atoms with E-state index in [0.29, 0.717) is 13.1 Å². The minimum Gasteiger partial charge on any atom is -0.338 e. The van der Waals surface area contributed by atoms with Crippen molar-refractivity contribution < 1.29 is 9.59 Å². The van der Waals surface area contributed by atoms with Gasteiger partial charge in [-0.15, -0.1) is 0 Å². The van der Waals surface area contributed by atoms with E-state index in [-0.39, 0.29) is 23.8 Å². The molecule has 0 saturated carbocycles. The fourth-order valence-corrected chi connectivity index (χ4v) is 1.92. The highest BCUT2D eigenvalue weighted by Crippen LogP contribution is 2.12. The Labute approximate surface area is 91.2 Å². The van der Waals surface area contributed by atoms with Gasteiger partial charge in [-0.1, -0.05) is 0 Å². The molecule has 1 amide bonds. The zero-order valence-electron chi connectivity index (χ0n) is 9.99. The molecule has 0 aromatic rings. The van der Waals surface area contributed by atoms with Crippen LogP contribution in [0.3, 0.4) is 0 Å². The summed E-state index contributed by atoms with van der Waals surface area (Å²) in [5.41, 5.74) is 0. The van der Waals surface area contributed by atoms with Crippen molar-refractivity contribution in [3.05, 3.63) is 0 Å². The zero-order chi connectivity index (χ0) is 11.6. The van der Waals surface area contributed by atoms with Gasteiger partial charge in [-0.3, -0.25) is 14.5 Å². The van der Waals surface area contributed by atoms with Crippen LogP contribution in [0.2, 0.25) is 0 Å². The first kappa shape index (κ1) is 12.2. The summed E-state index contributed by atoms with van der Waals surface area (Å²) < 4.78 is 0. The average Bonchev–Trinajstić information content (AvgIpc) is 2.09. The first-order valence-corrected chi connectivity index (χ1v) is 5.44. The van der Waals surface area contributed by atoms with Crippen LogP contribution >= 0.6 is 0 Å². The number of piperazine rings is 1. The summed E-state index contributed by atoms with van der Waals surface area (Å²) in [6.07, 6.45) is 0. The highest BCUT2D eigenvalue weighted by atomic mass is 16.2. The van der Waals surface area contributed by atoms with Gasteiger partial charge in [-0.2, -0.15) is 0 Å². The summed E-state index contributed by atoms with van der Waals surface area (Å²) >= 11 is 0. The summed E-state index contributed by atoms with van der Waals surface area (Å²) in [6.45, 7) is 9.15. The predicted octanol–water partition coefficient (Wildman–Crippen LogP) is 0.516. The van der Waals surface area contributed by atoms with E-state index in [4.69, 9.17) is 0 Å². The smallest absolute Gasteiger partial charge is 0.237 e. The third-order valence-corrected chi connectivity index (χ3v) is 2.79. The second-order valence-electron chi connectivity index (χ2n) is 4.60. The van der Waals surface area contributed by atoms with Gasteiger partial charge in [0.2, 0.25) is 5.91 Å². The Morgan fingerprint density at radius 3 is 2.60 bits per heavy atom. The van der Waals surface area contributed by atoms with E-state index in [1.54, 1.807) is 6.92 Å². The van der Waals surface area contributed by atoms with E-state index >= 15 is 0 Å². The maximum absolute atomic E-state index is 11.7. The number of hydrogen-bond acceptors (Lipinski definition) is 3. The maximum Gasteiger partial charge on any atom is 0.237 e. The highest BCUT2D eigenvalue weighted by molar-refractivity contribution is 5.82. The molecule has 86 valence electrons. The molecule has 0 N–H and O–H groups in total. The Hall–Kier alpha value is -0.900. The Morgan fingerprint density at radius 1 is 1.53 bits per heavy atom. The predicted molar refractivity (Wildman–Crippen MR) is 58.6 cm³/mol. The minimum atomic E-state index is 0.118. The standard InChI is InChI=1S/C11H20N2O2/c1-8(2)13-5-9(3)12(6-10(4)14)7-11(13)15/h8-9H,5-7H2,1-4H3. The quantitative estimate of drug-likeness (QED) is 0.684. The topological polar surface area (TPSA) is 40.6 Å². The number of carbonyl (C=O) groups is 2. The van der Waals surface area contributed by atoms with E-state index in [0.717, 1.165) is 6.54 Å². The highest BCUT2D eigenvalue weighted by Gasteiger charge is 2.30. The monoisotopic (exact) mass is 212 g/mol. The van der Waals surface area contributed by atoms with Gasteiger partial charge in [-0.25, -0.2) is 0 Å². The summed E-state index contributed by atoms with van der Waals surface area (Å²) in [5, 5.41) is 0. The lowest BCUT2D eigenvalue weighted by Gasteiger charge is -2.40. The molecule has 4 nitrogen and oxygen atoms in total. The number of amides is 1. The zero-order valence-corrected chi connectivity index (χ0v) is 9.99. The lowest BCUT2D eigenvalue weighted by atomic mass is 10.1. The SMILES string of the molecule is CC(=O)CN1CC(=O)N(C(C)C)CC1C. The molecule has 1 unspecified atom stereocenters. The van der Waals surface area contributed by atoms with Crippen LogP contribution in [0.5, 0.6) is 0 Å². The van der Waals surface area contributed by atoms with E-state index in [1.165, 1.54) is 0 Å². The van der Waals surface area contributed by atoms with Gasteiger partial charge in [0.15, 0.2) is 0 Å². The second kappa shape index (κ2) is 4.75. The molecular formula is C11H20N2O2. The average molecular weight is 212 g/mol. The molecule has 15 heavy (non-hydrogen) atoms. The number of nitrogens with zero attached hydrogens (tertiary/aromatic N) is 2. The van der Waals surface area contributed by atoms with Crippen LogP contribution in [-0.2, 0) is 9.59 Å². The fraction of sp³-hybridized carbons (Fsp3) is 0.818. The summed E-state index contributed by atoms with van der Waals surface area (Å²) in [4.78, 5) is 26.6. The van der Waals surface area contributed by atoms with Crippen LogP contribution in [0, 0.1) is 0 Å². The Morgan fingerprint density at radius 2 is 2.13 bits per heavy atom. The first-order valence-electron chi connectivity index (χ1n) is 5.44. The molecule has 1 fully saturated rings. The molecule has 4 heteroatoms. The van der Waals surface area contributed by atoms with Gasteiger partial charge in [-0.05, 0) is 27.7 Å². The molecule has 1 saturated heterocycles. The van der Waals surface area contributed by atoms with Crippen LogP contribution in [0.4, 0.5) is 0 Å². The maximum atomic E-state index is 11.7. The van der Waals surface area contributed by atoms with Crippen LogP contribution in [-0.4, -0.2) is 53.2 Å². The second-order valence-corrected chi connectivity index (χ2v) is 4.60. The first-order chi connectivity index (χ1) is 6.91. The third kappa shape index (κ3) is 3.02. The Balaban J connectivity index is 2.62. The summed E-state index contributed by atoms with van der Waals surface area (Å²) in [5.74, 6) is 0.247. The van der Waals surface area contributed by atoms with Crippen molar-refractivity contribution in [1.29, 1.82) is 0 Å². The van der Waals surface area contributed by atoms with E-state index < -0.39 is 0 Å². The van der Waals surface area contributed by atoms with Crippen molar-refractivity contribution in [3.63, 3.8) is 0 Å². The van der Waals surface area contributed by atoms with E-state index in [1.807, 2.05) is 23.6 Å². The van der Waals surface area contributed by atoms with Crippen molar-refractivity contribution >= 4 is 11.7 Å². The molecule has 1 aliphatic rings. The number of carbonyl (C=O) groups excluding carboxylic acids is 2. The molecule has 0 radical (unpaired) electrons. The molecular weight excluding hydrogens is 192 g/mol. The summed E-state index contributed by atoms with van der Waals surface area (Å²) in [7, 11) is 0. The Kier molecular flexibility index (Phi) is 3.85. The van der Waals surface area contributed by atoms with Crippen molar-refractivity contribution in [2.24, 2.45) is 0 Å². The van der Waals surface area contributed by atoms with Gasteiger partial charge in [0.05, 0.1) is 13.1 Å². The number of hydrogen-bond donors (Lipinski definition) is 0. The van der Waals surface area contributed by atoms with Crippen LogP contribution in [0.1, 0.15) is 27.7 Å². The molecule has 0 spiro atoms. The van der Waals surface area contributed by atoms with Gasteiger partial charge in [0, 0.05) is 18.6 Å². The molecule has 1 heterocycles. The van der Waals surface area contributed by atoms with Crippen LogP contribution in [0.15, 0.2) is 0 Å². The minimum absolute atomic E-state index is 0.118. The normalized spacial score (nSPS) is 23.7. The van der Waals surface area contributed by atoms with E-state index in [9.17, 15) is 9.59 Å².